The maximum atomic E-state index is 11.1. The molecule has 14 nitrogen and oxygen atoms in total. The van der Waals surface area contributed by atoms with E-state index in [1.165, 1.54) is 31.0 Å². The molecule has 1 saturated heterocycles. The fraction of sp³-hybridized carbons (Fsp3) is 0.194. The van der Waals surface area contributed by atoms with E-state index in [0.717, 1.165) is 98.0 Å². The minimum absolute atomic E-state index is 0.0288. The summed E-state index contributed by atoms with van der Waals surface area (Å²) in [6.07, 6.45) is 4.03. The van der Waals surface area contributed by atoms with Crippen molar-refractivity contribution < 1.29 is 39.4 Å². The van der Waals surface area contributed by atoms with Crippen LogP contribution in [0.5, 0.6) is 23.0 Å². The number of benzene rings is 10. The number of nitrogens with zero attached hydrogens (tertiary/aromatic N) is 6. The number of phenols is 3. The molecule has 2 atom stereocenters. The lowest BCUT2D eigenvalue weighted by Gasteiger charge is -2.14. The van der Waals surface area contributed by atoms with Crippen LogP contribution in [0.3, 0.4) is 0 Å². The van der Waals surface area contributed by atoms with E-state index in [1.54, 1.807) is 18.2 Å². The van der Waals surface area contributed by atoms with Crippen LogP contribution < -0.4 is 4.74 Å². The van der Waals surface area contributed by atoms with Crippen molar-refractivity contribution in [2.75, 3.05) is 39.6 Å². The molecule has 1 fully saturated rings. The molecule has 0 radical (unpaired) electrons. The van der Waals surface area contributed by atoms with Gasteiger partial charge in [0.25, 0.3) is 0 Å². The van der Waals surface area contributed by atoms with Gasteiger partial charge in [0.05, 0.1) is 30.9 Å². The zero-order valence-corrected chi connectivity index (χ0v) is 48.0. The molecule has 12 aromatic rings. The van der Waals surface area contributed by atoms with Crippen molar-refractivity contribution in [2.45, 2.75) is 51.7 Å². The molecule has 2 aromatic heterocycles. The third-order valence-electron chi connectivity index (χ3n) is 14.6. The Kier molecular flexibility index (Phi) is 18.8. The van der Waals surface area contributed by atoms with Crippen LogP contribution >= 0.6 is 0 Å². The Morgan fingerprint density at radius 1 is 0.419 bits per heavy atom. The normalized spacial score (nSPS) is 13.0. The van der Waals surface area contributed by atoms with Gasteiger partial charge >= 0.3 is 0 Å². The molecule has 13 rings (SSSR count). The molecule has 3 heterocycles. The molecule has 86 heavy (non-hydrogen) atoms. The minimum atomic E-state index is -0.770. The van der Waals surface area contributed by atoms with Crippen LogP contribution in [0.15, 0.2) is 206 Å². The molecule has 432 valence electrons. The Morgan fingerprint density at radius 3 is 1.16 bits per heavy atom. The summed E-state index contributed by atoms with van der Waals surface area (Å²) < 4.78 is 21.4. The number of aromatic hydroxyl groups is 3. The Labute approximate surface area is 499 Å². The lowest BCUT2D eigenvalue weighted by Crippen LogP contribution is -2.23. The molecule has 0 saturated carbocycles. The van der Waals surface area contributed by atoms with E-state index in [0.29, 0.717) is 64.5 Å². The van der Waals surface area contributed by atoms with E-state index in [1.807, 2.05) is 109 Å². The number of aliphatic hydroxyl groups excluding tert-OH is 1. The van der Waals surface area contributed by atoms with Gasteiger partial charge in [-0.2, -0.15) is 0 Å². The van der Waals surface area contributed by atoms with Crippen LogP contribution in [-0.4, -0.2) is 102 Å². The maximum absolute atomic E-state index is 11.1. The number of phenolic OH excluding ortho intramolecular Hbond substituents is 3. The number of unbranched alkanes of at least 4 members (excludes halogenated alkanes) is 2. The van der Waals surface area contributed by atoms with Gasteiger partial charge in [-0.15, -0.1) is 0 Å². The Balaban J connectivity index is 0.000000159. The number of aromatic nitrogens is 6. The molecule has 1 aliphatic rings. The Hall–Kier alpha value is -9.70. The van der Waals surface area contributed by atoms with Crippen LogP contribution in [0.1, 0.15) is 39.5 Å². The minimum Gasteiger partial charge on any atom is -0.508 e. The smallest absolute Gasteiger partial charge is 0.167 e. The average Bonchev–Trinajstić information content (AvgIpc) is 3.05. The van der Waals surface area contributed by atoms with E-state index < -0.39 is 6.10 Å². The molecule has 10 aromatic carbocycles. The van der Waals surface area contributed by atoms with Crippen LogP contribution in [0, 0.1) is 0 Å². The van der Waals surface area contributed by atoms with E-state index in [-0.39, 0.29) is 30.5 Å². The second kappa shape index (κ2) is 27.8. The summed E-state index contributed by atoms with van der Waals surface area (Å²) in [4.78, 5) is 29.1. The summed E-state index contributed by atoms with van der Waals surface area (Å²) in [7, 11) is 0. The second-order valence-corrected chi connectivity index (χ2v) is 20.9. The standard InChI is InChI=1S/C36H33N3O4.C29H19N3O2.C7H14O2/c1-2-3-20-42-22-26(40)23-43-27-18-19-32(33(41)21-27)36-38-34(30-16-8-12-24-10-4-6-14-28(24)30)37-35(39-36)31-17-9-13-25-11-5-7-15-29(25)31;33-20-15-16-25(26(34)17-20)29-31-27(23-13-5-9-18-7-1-3-11-21(18)23)30-28(32-29)24-14-6-10-19-8-2-4-12-22(19)24;1-2-3-4-8-5-7-6-9-7/h4-19,21,26,40-41H,2-3,20,22-23H2,1H3;1-17,33-34H;7H,2-6H2,1H3. The van der Waals surface area contributed by atoms with Gasteiger partial charge in [0.1, 0.15) is 41.8 Å². The number of hydrogen-bond acceptors (Lipinski definition) is 14. The maximum Gasteiger partial charge on any atom is 0.167 e. The first-order chi connectivity index (χ1) is 42.2. The van der Waals surface area contributed by atoms with Crippen molar-refractivity contribution in [2.24, 2.45) is 0 Å². The van der Waals surface area contributed by atoms with Crippen LogP contribution in [-0.2, 0) is 14.2 Å². The van der Waals surface area contributed by atoms with Crippen LogP contribution in [0.2, 0.25) is 0 Å². The van der Waals surface area contributed by atoms with Gasteiger partial charge in [0.2, 0.25) is 0 Å². The summed E-state index contributed by atoms with van der Waals surface area (Å²) in [6.45, 7) is 7.72. The van der Waals surface area contributed by atoms with Crippen molar-refractivity contribution in [3.05, 3.63) is 206 Å². The first kappa shape index (κ1) is 58.1. The number of ether oxygens (including phenoxy) is 4. The molecular formula is C72H66N6O8. The topological polar surface area (TPSA) is 198 Å². The van der Waals surface area contributed by atoms with Crippen LogP contribution in [0.4, 0.5) is 0 Å². The van der Waals surface area contributed by atoms with Gasteiger partial charge in [-0.1, -0.05) is 197 Å². The summed E-state index contributed by atoms with van der Waals surface area (Å²) in [5.41, 5.74) is 4.36. The van der Waals surface area contributed by atoms with Gasteiger partial charge in [-0.25, -0.2) is 29.9 Å². The average molecular weight is 1140 g/mol. The SMILES string of the molecule is CCCCOCC(O)COc1ccc(-c2nc(-c3cccc4ccccc34)nc(-c3cccc4ccccc34)n2)c(O)c1.CCCCOCC1CO1.Oc1ccc(-c2nc(-c3cccc4ccccc34)nc(-c3cccc4ccccc34)n2)c(O)c1. The molecule has 0 spiro atoms. The van der Waals surface area contributed by atoms with Crippen LogP contribution in [0.25, 0.3) is 111 Å². The van der Waals surface area contributed by atoms with Gasteiger partial charge in [-0.3, -0.25) is 0 Å². The molecule has 14 heteroatoms. The summed E-state index contributed by atoms with van der Waals surface area (Å²) in [5.74, 6) is 2.97. The molecule has 0 bridgehead atoms. The lowest BCUT2D eigenvalue weighted by molar-refractivity contribution is 0.0113. The van der Waals surface area contributed by atoms with Crippen molar-refractivity contribution >= 4 is 43.1 Å². The predicted octanol–water partition coefficient (Wildman–Crippen LogP) is 15.2. The Morgan fingerprint density at radius 2 is 0.779 bits per heavy atom. The van der Waals surface area contributed by atoms with Crippen molar-refractivity contribution in [1.82, 2.24) is 29.9 Å². The number of fused-ring (bicyclic) bond motifs is 4. The highest BCUT2D eigenvalue weighted by atomic mass is 16.6. The highest BCUT2D eigenvalue weighted by Crippen LogP contribution is 2.38. The summed E-state index contributed by atoms with van der Waals surface area (Å²) >= 11 is 0. The molecule has 0 amide bonds. The summed E-state index contributed by atoms with van der Waals surface area (Å²) in [5, 5.41) is 50.1. The molecule has 1 aliphatic heterocycles. The second-order valence-electron chi connectivity index (χ2n) is 20.9. The van der Waals surface area contributed by atoms with E-state index in [4.69, 9.17) is 48.9 Å². The summed E-state index contributed by atoms with van der Waals surface area (Å²) in [6, 6.07) is 66.0. The molecule has 2 unspecified atom stereocenters. The first-order valence-electron chi connectivity index (χ1n) is 29.1. The van der Waals surface area contributed by atoms with E-state index in [9.17, 15) is 20.4 Å². The van der Waals surface area contributed by atoms with Gasteiger partial charge in [0.15, 0.2) is 34.9 Å². The number of rotatable bonds is 19. The monoisotopic (exact) mass is 1140 g/mol. The fourth-order valence-corrected chi connectivity index (χ4v) is 9.99. The first-order valence-corrected chi connectivity index (χ1v) is 29.1. The highest BCUT2D eigenvalue weighted by Gasteiger charge is 2.23. The fourth-order valence-electron chi connectivity index (χ4n) is 9.99. The zero-order chi connectivity index (χ0) is 59.2. The zero-order valence-electron chi connectivity index (χ0n) is 48.0. The van der Waals surface area contributed by atoms with Gasteiger partial charge < -0.3 is 39.4 Å². The molecule has 0 aliphatic carbocycles. The Bertz CT molecular complexity index is 4070. The third-order valence-corrected chi connectivity index (χ3v) is 14.6. The van der Waals surface area contributed by atoms with Crippen molar-refractivity contribution in [1.29, 1.82) is 0 Å². The predicted molar refractivity (Wildman–Crippen MR) is 340 cm³/mol. The number of epoxide rings is 1. The number of hydrogen-bond donors (Lipinski definition) is 4. The van der Waals surface area contributed by atoms with Gasteiger partial charge in [0, 0.05) is 47.6 Å². The number of aliphatic hydroxyl groups is 1. The van der Waals surface area contributed by atoms with Gasteiger partial charge in [-0.05, 0) is 80.2 Å². The van der Waals surface area contributed by atoms with E-state index in [2.05, 4.69) is 74.5 Å². The highest BCUT2D eigenvalue weighted by molar-refractivity contribution is 5.99. The largest absolute Gasteiger partial charge is 0.508 e. The quantitative estimate of drug-likeness (QED) is 0.0440. The van der Waals surface area contributed by atoms with E-state index >= 15 is 0 Å². The lowest BCUT2D eigenvalue weighted by atomic mass is 10.0. The molecular weight excluding hydrogens is 1080 g/mol. The van der Waals surface area contributed by atoms with Crippen molar-refractivity contribution in [3.8, 4) is 91.3 Å². The van der Waals surface area contributed by atoms with Crippen molar-refractivity contribution in [3.63, 3.8) is 0 Å². The molecule has 4 N–H and O–H groups in total. The third kappa shape index (κ3) is 14.1.